The van der Waals surface area contributed by atoms with Crippen LogP contribution in [0.25, 0.3) is 0 Å². The molecule has 1 saturated heterocycles. The maximum absolute atomic E-state index is 12.2. The Morgan fingerprint density at radius 1 is 1.25 bits per heavy atom. The second-order valence-corrected chi connectivity index (χ2v) is 5.02. The van der Waals surface area contributed by atoms with E-state index in [-0.39, 0.29) is 17.4 Å². The van der Waals surface area contributed by atoms with Crippen molar-refractivity contribution in [2.45, 2.75) is 32.2 Å². The minimum absolute atomic E-state index is 0.0533. The first-order chi connectivity index (χ1) is 9.58. The predicted molar refractivity (Wildman–Crippen MR) is 74.4 cm³/mol. The zero-order valence-corrected chi connectivity index (χ0v) is 11.5. The van der Waals surface area contributed by atoms with E-state index in [2.05, 4.69) is 10.3 Å². The van der Waals surface area contributed by atoms with Gasteiger partial charge in [0, 0.05) is 25.4 Å². The molecule has 20 heavy (non-hydrogen) atoms. The van der Waals surface area contributed by atoms with Crippen molar-refractivity contribution < 1.29 is 9.59 Å². The molecule has 1 aromatic heterocycles. The lowest BCUT2D eigenvalue weighted by Gasteiger charge is -2.29. The van der Waals surface area contributed by atoms with Gasteiger partial charge < -0.3 is 15.2 Å². The van der Waals surface area contributed by atoms with E-state index in [0.29, 0.717) is 5.56 Å². The topological polar surface area (TPSA) is 82.3 Å². The molecule has 108 valence electrons. The molecule has 1 aromatic rings. The molecule has 1 aliphatic heterocycles. The molecule has 2 amide bonds. The third-order valence-electron chi connectivity index (χ3n) is 3.43. The Morgan fingerprint density at radius 2 is 1.95 bits per heavy atom. The summed E-state index contributed by atoms with van der Waals surface area (Å²) >= 11 is 0. The van der Waals surface area contributed by atoms with Crippen molar-refractivity contribution in [1.82, 2.24) is 15.2 Å². The minimum atomic E-state index is -0.562. The fraction of sp³-hybridized carbons (Fsp3) is 0.500. The molecule has 0 spiro atoms. The zero-order chi connectivity index (χ0) is 14.5. The highest BCUT2D eigenvalue weighted by Crippen LogP contribution is 2.10. The third-order valence-corrected chi connectivity index (χ3v) is 3.43. The van der Waals surface area contributed by atoms with Crippen molar-refractivity contribution in [2.75, 3.05) is 13.1 Å². The van der Waals surface area contributed by atoms with Crippen LogP contribution in [0.4, 0.5) is 0 Å². The summed E-state index contributed by atoms with van der Waals surface area (Å²) in [7, 11) is 0. The van der Waals surface area contributed by atoms with Crippen molar-refractivity contribution in [1.29, 1.82) is 0 Å². The zero-order valence-electron chi connectivity index (χ0n) is 11.5. The van der Waals surface area contributed by atoms with Crippen LogP contribution in [0.15, 0.2) is 23.1 Å². The van der Waals surface area contributed by atoms with Crippen molar-refractivity contribution in [2.24, 2.45) is 0 Å². The summed E-state index contributed by atoms with van der Waals surface area (Å²) in [5.41, 5.74) is 0.0712. The van der Waals surface area contributed by atoms with Gasteiger partial charge in [-0.3, -0.25) is 14.4 Å². The van der Waals surface area contributed by atoms with E-state index in [9.17, 15) is 14.4 Å². The molecule has 1 aliphatic rings. The van der Waals surface area contributed by atoms with Crippen molar-refractivity contribution in [3.8, 4) is 0 Å². The number of pyridine rings is 1. The summed E-state index contributed by atoms with van der Waals surface area (Å²) in [6, 6.07) is 2.16. The monoisotopic (exact) mass is 277 g/mol. The number of aromatic nitrogens is 1. The molecule has 0 radical (unpaired) electrons. The van der Waals surface area contributed by atoms with E-state index < -0.39 is 6.04 Å². The Bertz CT molecular complexity index is 526. The number of likely N-dealkylation sites (tertiary alicyclic amines) is 1. The van der Waals surface area contributed by atoms with Crippen LogP contribution < -0.4 is 10.9 Å². The van der Waals surface area contributed by atoms with E-state index >= 15 is 0 Å². The Morgan fingerprint density at radius 3 is 2.55 bits per heavy atom. The van der Waals surface area contributed by atoms with Crippen molar-refractivity contribution in [3.63, 3.8) is 0 Å². The Labute approximate surface area is 117 Å². The van der Waals surface area contributed by atoms with Gasteiger partial charge in [-0.25, -0.2) is 0 Å². The Balaban J connectivity index is 1.94. The number of hydrogen-bond donors (Lipinski definition) is 2. The van der Waals surface area contributed by atoms with Crippen LogP contribution in [-0.4, -0.2) is 40.8 Å². The lowest BCUT2D eigenvalue weighted by atomic mass is 10.1. The number of piperidine rings is 1. The van der Waals surface area contributed by atoms with Crippen molar-refractivity contribution in [3.05, 3.63) is 34.2 Å². The fourth-order valence-corrected chi connectivity index (χ4v) is 2.28. The van der Waals surface area contributed by atoms with E-state index in [1.165, 1.54) is 18.3 Å². The molecule has 1 fully saturated rings. The standard InChI is InChI=1S/C14H19N3O3/c1-10(14(20)17-7-3-2-4-8-17)16-13(19)11-5-6-12(18)15-9-11/h5-6,9-10H,2-4,7-8H2,1H3,(H,15,18)(H,16,19). The van der Waals surface area contributed by atoms with Crippen LogP contribution in [0.1, 0.15) is 36.5 Å². The maximum atomic E-state index is 12.2. The summed E-state index contributed by atoms with van der Waals surface area (Å²) in [6.45, 7) is 3.20. The molecule has 0 bridgehead atoms. The number of rotatable bonds is 3. The quantitative estimate of drug-likeness (QED) is 0.844. The molecule has 0 aliphatic carbocycles. The summed E-state index contributed by atoms with van der Waals surface area (Å²) in [6.07, 6.45) is 4.54. The van der Waals surface area contributed by atoms with Crippen molar-refractivity contribution >= 4 is 11.8 Å². The molecule has 6 nitrogen and oxygen atoms in total. The number of nitrogens with one attached hydrogen (secondary N) is 2. The van der Waals surface area contributed by atoms with Crippen LogP contribution in [-0.2, 0) is 4.79 Å². The number of H-pyrrole nitrogens is 1. The maximum Gasteiger partial charge on any atom is 0.253 e. The summed E-state index contributed by atoms with van der Waals surface area (Å²) in [5, 5.41) is 2.66. The van der Waals surface area contributed by atoms with Gasteiger partial charge in [-0.1, -0.05) is 0 Å². The predicted octanol–water partition coefficient (Wildman–Crippen LogP) is 0.506. The van der Waals surface area contributed by atoms with Gasteiger partial charge in [0.2, 0.25) is 11.5 Å². The highest BCUT2D eigenvalue weighted by molar-refractivity contribution is 5.97. The van der Waals surface area contributed by atoms with Gasteiger partial charge in [-0.05, 0) is 32.3 Å². The first kappa shape index (κ1) is 14.3. The van der Waals surface area contributed by atoms with Gasteiger partial charge in [-0.2, -0.15) is 0 Å². The normalized spacial score (nSPS) is 16.6. The number of carbonyl (C=O) groups is 2. The second kappa shape index (κ2) is 6.36. The minimum Gasteiger partial charge on any atom is -0.341 e. The first-order valence-corrected chi connectivity index (χ1v) is 6.86. The fourth-order valence-electron chi connectivity index (χ4n) is 2.28. The number of aromatic amines is 1. The van der Waals surface area contributed by atoms with Gasteiger partial charge in [0.05, 0.1) is 5.56 Å². The molecular weight excluding hydrogens is 258 g/mol. The van der Waals surface area contributed by atoms with Gasteiger partial charge >= 0.3 is 0 Å². The molecule has 0 saturated carbocycles. The van der Waals surface area contributed by atoms with E-state index in [0.717, 1.165) is 32.4 Å². The second-order valence-electron chi connectivity index (χ2n) is 5.02. The van der Waals surface area contributed by atoms with Gasteiger partial charge in [0.15, 0.2) is 0 Å². The molecule has 1 unspecified atom stereocenters. The molecular formula is C14H19N3O3. The van der Waals surface area contributed by atoms with E-state index in [1.807, 2.05) is 0 Å². The largest absolute Gasteiger partial charge is 0.341 e. The SMILES string of the molecule is CC(NC(=O)c1ccc(=O)[nH]c1)C(=O)N1CCCCC1. The van der Waals surface area contributed by atoms with Gasteiger partial charge in [0.1, 0.15) is 6.04 Å². The Kier molecular flexibility index (Phi) is 4.55. The first-order valence-electron chi connectivity index (χ1n) is 6.86. The summed E-state index contributed by atoms with van der Waals surface area (Å²) in [4.78, 5) is 39.3. The highest BCUT2D eigenvalue weighted by atomic mass is 16.2. The third kappa shape index (κ3) is 3.46. The molecule has 0 aromatic carbocycles. The Hall–Kier alpha value is -2.11. The van der Waals surface area contributed by atoms with Crippen LogP contribution in [0.2, 0.25) is 0 Å². The van der Waals surface area contributed by atoms with E-state index in [4.69, 9.17) is 0 Å². The number of hydrogen-bond acceptors (Lipinski definition) is 3. The number of carbonyl (C=O) groups excluding carboxylic acids is 2. The van der Waals surface area contributed by atoms with Crippen LogP contribution in [0, 0.1) is 0 Å². The smallest absolute Gasteiger partial charge is 0.253 e. The summed E-state index contributed by atoms with van der Waals surface area (Å²) < 4.78 is 0. The number of amides is 2. The van der Waals surface area contributed by atoms with Gasteiger partial charge in [0.25, 0.3) is 5.91 Å². The lowest BCUT2D eigenvalue weighted by Crippen LogP contribution is -2.48. The molecule has 2 N–H and O–H groups in total. The average Bonchev–Trinajstić information content (AvgIpc) is 2.48. The van der Waals surface area contributed by atoms with Crippen LogP contribution in [0.3, 0.4) is 0 Å². The molecule has 2 rings (SSSR count). The molecule has 6 heteroatoms. The molecule has 1 atom stereocenters. The average molecular weight is 277 g/mol. The van der Waals surface area contributed by atoms with E-state index in [1.54, 1.807) is 11.8 Å². The van der Waals surface area contributed by atoms with Crippen LogP contribution >= 0.6 is 0 Å². The number of nitrogens with zero attached hydrogens (tertiary/aromatic N) is 1. The highest BCUT2D eigenvalue weighted by Gasteiger charge is 2.23. The van der Waals surface area contributed by atoms with Crippen LogP contribution in [0.5, 0.6) is 0 Å². The molecule has 2 heterocycles. The summed E-state index contributed by atoms with van der Waals surface area (Å²) in [5.74, 6) is -0.415. The lowest BCUT2D eigenvalue weighted by molar-refractivity contribution is -0.133. The van der Waals surface area contributed by atoms with Gasteiger partial charge in [-0.15, -0.1) is 0 Å².